The van der Waals surface area contributed by atoms with E-state index in [1.807, 2.05) is 12.1 Å². The van der Waals surface area contributed by atoms with Gasteiger partial charge in [-0.1, -0.05) is 25.4 Å². The smallest absolute Gasteiger partial charge is 0.234 e. The van der Waals surface area contributed by atoms with Crippen LogP contribution in [0.4, 0.5) is 0 Å². The molecule has 0 saturated carbocycles. The molecule has 22 heavy (non-hydrogen) atoms. The van der Waals surface area contributed by atoms with Crippen LogP contribution in [0.2, 0.25) is 5.02 Å². The number of amides is 1. The van der Waals surface area contributed by atoms with Crippen LogP contribution in [0.1, 0.15) is 20.3 Å². The summed E-state index contributed by atoms with van der Waals surface area (Å²) in [5, 5.41) is 3.60. The zero-order chi connectivity index (χ0) is 15.9. The number of ether oxygens (including phenoxy) is 1. The van der Waals surface area contributed by atoms with E-state index in [4.69, 9.17) is 16.3 Å². The molecular formula is C17H25ClN2O2. The second kappa shape index (κ2) is 8.39. The second-order valence-corrected chi connectivity index (χ2v) is 6.73. The topological polar surface area (TPSA) is 41.6 Å². The van der Waals surface area contributed by atoms with Crippen molar-refractivity contribution in [3.05, 3.63) is 29.3 Å². The SMILES string of the molecule is C[C@H]1C[C@H](C)CN(CC(=O)NCCOc2ccc(Cl)cc2)C1. The molecule has 1 amide bonds. The Bertz CT molecular complexity index is 468. The zero-order valence-corrected chi connectivity index (χ0v) is 14.1. The third-order valence-electron chi connectivity index (χ3n) is 3.82. The third kappa shape index (κ3) is 5.85. The van der Waals surface area contributed by atoms with E-state index in [0.29, 0.717) is 36.6 Å². The maximum absolute atomic E-state index is 12.0. The van der Waals surface area contributed by atoms with Gasteiger partial charge in [0.15, 0.2) is 0 Å². The number of nitrogens with one attached hydrogen (secondary N) is 1. The predicted molar refractivity (Wildman–Crippen MR) is 89.3 cm³/mol. The highest BCUT2D eigenvalue weighted by molar-refractivity contribution is 6.30. The Kier molecular flexibility index (Phi) is 6.52. The Morgan fingerprint density at radius 1 is 1.27 bits per heavy atom. The van der Waals surface area contributed by atoms with Crippen molar-refractivity contribution >= 4 is 17.5 Å². The van der Waals surface area contributed by atoms with Crippen molar-refractivity contribution in [3.63, 3.8) is 0 Å². The Morgan fingerprint density at radius 3 is 2.55 bits per heavy atom. The van der Waals surface area contributed by atoms with Crippen LogP contribution in [-0.4, -0.2) is 43.6 Å². The number of benzene rings is 1. The number of carbonyl (C=O) groups excluding carboxylic acids is 1. The molecule has 1 saturated heterocycles. The minimum Gasteiger partial charge on any atom is -0.492 e. The number of hydrogen-bond acceptors (Lipinski definition) is 3. The molecule has 1 aromatic rings. The average Bonchev–Trinajstić information content (AvgIpc) is 2.44. The second-order valence-electron chi connectivity index (χ2n) is 6.29. The lowest BCUT2D eigenvalue weighted by Gasteiger charge is -2.34. The van der Waals surface area contributed by atoms with E-state index in [-0.39, 0.29) is 5.91 Å². The van der Waals surface area contributed by atoms with E-state index in [0.717, 1.165) is 18.8 Å². The van der Waals surface area contributed by atoms with Crippen LogP contribution >= 0.6 is 11.6 Å². The lowest BCUT2D eigenvalue weighted by molar-refractivity contribution is -0.122. The molecule has 1 aliphatic rings. The van der Waals surface area contributed by atoms with Crippen LogP contribution < -0.4 is 10.1 Å². The summed E-state index contributed by atoms with van der Waals surface area (Å²) in [4.78, 5) is 14.2. The third-order valence-corrected chi connectivity index (χ3v) is 4.07. The van der Waals surface area contributed by atoms with E-state index >= 15 is 0 Å². The van der Waals surface area contributed by atoms with Crippen LogP contribution in [0, 0.1) is 11.8 Å². The fraction of sp³-hybridized carbons (Fsp3) is 0.588. The Hall–Kier alpha value is -1.26. The fourth-order valence-corrected chi connectivity index (χ4v) is 3.20. The van der Waals surface area contributed by atoms with Crippen molar-refractivity contribution < 1.29 is 9.53 Å². The molecule has 0 aliphatic carbocycles. The molecule has 5 heteroatoms. The summed E-state index contributed by atoms with van der Waals surface area (Å²) in [7, 11) is 0. The maximum atomic E-state index is 12.0. The van der Waals surface area contributed by atoms with Gasteiger partial charge in [-0.15, -0.1) is 0 Å². The van der Waals surface area contributed by atoms with E-state index in [1.54, 1.807) is 12.1 Å². The fourth-order valence-electron chi connectivity index (χ4n) is 3.07. The van der Waals surface area contributed by atoms with Crippen LogP contribution in [0.3, 0.4) is 0 Å². The number of piperidine rings is 1. The molecule has 1 fully saturated rings. The number of halogens is 1. The number of rotatable bonds is 6. The minimum atomic E-state index is 0.0704. The van der Waals surface area contributed by atoms with Gasteiger partial charge in [0, 0.05) is 18.1 Å². The van der Waals surface area contributed by atoms with Gasteiger partial charge >= 0.3 is 0 Å². The molecule has 0 unspecified atom stereocenters. The monoisotopic (exact) mass is 324 g/mol. The highest BCUT2D eigenvalue weighted by Crippen LogP contribution is 2.20. The van der Waals surface area contributed by atoms with Crippen LogP contribution in [0.25, 0.3) is 0 Å². The van der Waals surface area contributed by atoms with Gasteiger partial charge in [-0.25, -0.2) is 0 Å². The molecule has 2 rings (SSSR count). The van der Waals surface area contributed by atoms with Crippen molar-refractivity contribution in [1.82, 2.24) is 10.2 Å². The van der Waals surface area contributed by atoms with Gasteiger partial charge in [0.05, 0.1) is 13.1 Å². The first kappa shape index (κ1) is 17.1. The summed E-state index contributed by atoms with van der Waals surface area (Å²) < 4.78 is 5.55. The number of likely N-dealkylation sites (tertiary alicyclic amines) is 1. The zero-order valence-electron chi connectivity index (χ0n) is 13.3. The molecule has 1 N–H and O–H groups in total. The summed E-state index contributed by atoms with van der Waals surface area (Å²) in [6, 6.07) is 7.21. The molecule has 1 heterocycles. The molecule has 0 radical (unpaired) electrons. The van der Waals surface area contributed by atoms with Crippen molar-refractivity contribution in [1.29, 1.82) is 0 Å². The van der Waals surface area contributed by atoms with Crippen molar-refractivity contribution in [2.75, 3.05) is 32.8 Å². The van der Waals surface area contributed by atoms with Crippen LogP contribution in [0.5, 0.6) is 5.75 Å². The minimum absolute atomic E-state index is 0.0704. The van der Waals surface area contributed by atoms with Crippen molar-refractivity contribution in [2.24, 2.45) is 11.8 Å². The van der Waals surface area contributed by atoms with Gasteiger partial charge in [0.1, 0.15) is 12.4 Å². The average molecular weight is 325 g/mol. The Morgan fingerprint density at radius 2 is 1.91 bits per heavy atom. The van der Waals surface area contributed by atoms with Gasteiger partial charge in [-0.3, -0.25) is 9.69 Å². The standard InChI is InChI=1S/C17H25ClN2O2/c1-13-9-14(2)11-20(10-13)12-17(21)19-7-8-22-16-5-3-15(18)4-6-16/h3-6,13-14H,7-12H2,1-2H3,(H,19,21)/t13-,14-/m0/s1. The largest absolute Gasteiger partial charge is 0.492 e. The van der Waals surface area contributed by atoms with E-state index in [2.05, 4.69) is 24.1 Å². The summed E-state index contributed by atoms with van der Waals surface area (Å²) in [5.41, 5.74) is 0. The van der Waals surface area contributed by atoms with Gasteiger partial charge in [-0.05, 0) is 42.5 Å². The maximum Gasteiger partial charge on any atom is 0.234 e. The summed E-state index contributed by atoms with van der Waals surface area (Å²) in [6.07, 6.45) is 1.26. The van der Waals surface area contributed by atoms with Gasteiger partial charge in [0.2, 0.25) is 5.91 Å². The summed E-state index contributed by atoms with van der Waals surface area (Å²) in [5.74, 6) is 2.17. The summed E-state index contributed by atoms with van der Waals surface area (Å²) >= 11 is 5.81. The molecule has 0 spiro atoms. The van der Waals surface area contributed by atoms with Crippen LogP contribution in [0.15, 0.2) is 24.3 Å². The number of carbonyl (C=O) groups is 1. The van der Waals surface area contributed by atoms with Crippen LogP contribution in [-0.2, 0) is 4.79 Å². The lowest BCUT2D eigenvalue weighted by Crippen LogP contribution is -2.45. The molecule has 0 bridgehead atoms. The normalized spacial score (nSPS) is 22.3. The summed E-state index contributed by atoms with van der Waals surface area (Å²) in [6.45, 7) is 7.98. The first-order valence-corrected chi connectivity index (χ1v) is 8.28. The molecule has 1 aromatic carbocycles. The highest BCUT2D eigenvalue weighted by atomic mass is 35.5. The van der Waals surface area contributed by atoms with E-state index in [1.165, 1.54) is 6.42 Å². The first-order valence-electron chi connectivity index (χ1n) is 7.90. The molecule has 122 valence electrons. The molecular weight excluding hydrogens is 300 g/mol. The van der Waals surface area contributed by atoms with Gasteiger partial charge < -0.3 is 10.1 Å². The Balaban J connectivity index is 1.62. The molecule has 1 aliphatic heterocycles. The Labute approximate surface area is 137 Å². The van der Waals surface area contributed by atoms with E-state index < -0.39 is 0 Å². The quantitative estimate of drug-likeness (QED) is 0.818. The van der Waals surface area contributed by atoms with E-state index in [9.17, 15) is 4.79 Å². The first-order chi connectivity index (χ1) is 10.5. The molecule has 2 atom stereocenters. The molecule has 4 nitrogen and oxygen atoms in total. The lowest BCUT2D eigenvalue weighted by atomic mass is 9.92. The van der Waals surface area contributed by atoms with Gasteiger partial charge in [-0.2, -0.15) is 0 Å². The predicted octanol–water partition coefficient (Wildman–Crippen LogP) is 2.81. The number of hydrogen-bond donors (Lipinski definition) is 1. The van der Waals surface area contributed by atoms with Crippen molar-refractivity contribution in [2.45, 2.75) is 20.3 Å². The molecule has 0 aromatic heterocycles. The highest BCUT2D eigenvalue weighted by Gasteiger charge is 2.22. The van der Waals surface area contributed by atoms with Gasteiger partial charge in [0.25, 0.3) is 0 Å². The van der Waals surface area contributed by atoms with Crippen molar-refractivity contribution in [3.8, 4) is 5.75 Å². The number of nitrogens with zero attached hydrogens (tertiary/aromatic N) is 1.